The van der Waals surface area contributed by atoms with Gasteiger partial charge < -0.3 is 10.1 Å². The predicted octanol–water partition coefficient (Wildman–Crippen LogP) is 4.96. The number of halogens is 1. The van der Waals surface area contributed by atoms with E-state index in [4.69, 9.17) is 4.74 Å². The van der Waals surface area contributed by atoms with Gasteiger partial charge in [0, 0.05) is 17.7 Å². The van der Waals surface area contributed by atoms with Gasteiger partial charge in [-0.3, -0.25) is 9.59 Å². The Morgan fingerprint density at radius 3 is 2.48 bits per heavy atom. The number of rotatable bonds is 8. The van der Waals surface area contributed by atoms with Crippen LogP contribution < -0.4 is 5.32 Å². The van der Waals surface area contributed by atoms with Crippen molar-refractivity contribution in [1.82, 2.24) is 0 Å². The number of nitrogens with one attached hydrogen (secondary N) is 1. The first-order valence-electron chi connectivity index (χ1n) is 8.94. The Balaban J connectivity index is 1.47. The van der Waals surface area contributed by atoms with E-state index in [9.17, 15) is 18.8 Å². The van der Waals surface area contributed by atoms with E-state index in [2.05, 4.69) is 5.32 Å². The van der Waals surface area contributed by atoms with Crippen LogP contribution in [0.15, 0.2) is 66.0 Å². The summed E-state index contributed by atoms with van der Waals surface area (Å²) in [5, 5.41) is 4.55. The van der Waals surface area contributed by atoms with Gasteiger partial charge in [0.15, 0.2) is 5.78 Å². The van der Waals surface area contributed by atoms with Crippen LogP contribution in [0.1, 0.15) is 43.2 Å². The molecule has 0 bridgehead atoms. The monoisotopic (exact) mass is 411 g/mol. The summed E-state index contributed by atoms with van der Waals surface area (Å²) in [6.07, 6.45) is 0.548. The van der Waals surface area contributed by atoms with Crippen LogP contribution >= 0.6 is 11.3 Å². The molecule has 3 rings (SSSR count). The number of ketones is 1. The molecule has 0 aliphatic heterocycles. The van der Waals surface area contributed by atoms with Crippen LogP contribution in [0.4, 0.5) is 10.1 Å². The van der Waals surface area contributed by atoms with Crippen LogP contribution in [0.3, 0.4) is 0 Å². The predicted molar refractivity (Wildman–Crippen MR) is 109 cm³/mol. The van der Waals surface area contributed by atoms with Crippen molar-refractivity contribution in [1.29, 1.82) is 0 Å². The van der Waals surface area contributed by atoms with Gasteiger partial charge in [0.1, 0.15) is 5.82 Å². The molecule has 1 N–H and O–H groups in total. The fraction of sp³-hybridized carbons (Fsp3) is 0.136. The van der Waals surface area contributed by atoms with Gasteiger partial charge in [-0.2, -0.15) is 0 Å². The molecule has 0 radical (unpaired) electrons. The van der Waals surface area contributed by atoms with Gasteiger partial charge in [0.25, 0.3) is 5.91 Å². The average Bonchev–Trinajstić information content (AvgIpc) is 3.27. The molecule has 1 aromatic heterocycles. The van der Waals surface area contributed by atoms with E-state index in [0.717, 1.165) is 0 Å². The second kappa shape index (κ2) is 9.75. The number of esters is 1. The second-order valence-electron chi connectivity index (χ2n) is 6.18. The number of ether oxygens (including phenoxy) is 1. The molecular formula is C22H18FNO4S. The summed E-state index contributed by atoms with van der Waals surface area (Å²) in [6.45, 7) is 0.0809. The summed E-state index contributed by atoms with van der Waals surface area (Å²) in [5.74, 6) is -1.32. The number of hydrogen-bond acceptors (Lipinski definition) is 5. The average molecular weight is 411 g/mol. The molecule has 2 aromatic carbocycles. The lowest BCUT2D eigenvalue weighted by atomic mass is 10.1. The van der Waals surface area contributed by atoms with Crippen LogP contribution in [0.2, 0.25) is 0 Å². The van der Waals surface area contributed by atoms with Crippen LogP contribution in [0, 0.1) is 5.82 Å². The molecule has 0 aliphatic rings. The molecule has 29 heavy (non-hydrogen) atoms. The lowest BCUT2D eigenvalue weighted by molar-refractivity contribution is 0.0494. The molecule has 7 heteroatoms. The highest BCUT2D eigenvalue weighted by Gasteiger charge is 2.12. The van der Waals surface area contributed by atoms with E-state index in [1.54, 1.807) is 30.3 Å². The highest BCUT2D eigenvalue weighted by Crippen LogP contribution is 2.16. The molecule has 0 unspecified atom stereocenters. The van der Waals surface area contributed by atoms with E-state index in [1.165, 1.54) is 41.7 Å². The maximum absolute atomic E-state index is 12.9. The van der Waals surface area contributed by atoms with Crippen molar-refractivity contribution in [3.05, 3.63) is 87.9 Å². The minimum atomic E-state index is -0.536. The van der Waals surface area contributed by atoms with Crippen molar-refractivity contribution in [2.45, 2.75) is 12.8 Å². The maximum Gasteiger partial charge on any atom is 0.338 e. The number of amides is 1. The lowest BCUT2D eigenvalue weighted by Gasteiger charge is -2.07. The molecule has 0 fully saturated rings. The minimum Gasteiger partial charge on any atom is -0.462 e. The van der Waals surface area contributed by atoms with E-state index in [0.29, 0.717) is 28.1 Å². The Kier molecular flexibility index (Phi) is 6.86. The summed E-state index contributed by atoms with van der Waals surface area (Å²) in [7, 11) is 0. The summed E-state index contributed by atoms with van der Waals surface area (Å²) in [4.78, 5) is 36.9. The number of hydrogen-bond donors (Lipinski definition) is 1. The Labute approximate surface area is 171 Å². The van der Waals surface area contributed by atoms with Crippen LogP contribution in [-0.4, -0.2) is 24.3 Å². The number of carbonyl (C=O) groups excluding carboxylic acids is 3. The number of anilines is 1. The van der Waals surface area contributed by atoms with Crippen LogP contribution in [0.5, 0.6) is 0 Å². The number of thiophene rings is 1. The smallest absolute Gasteiger partial charge is 0.338 e. The molecule has 148 valence electrons. The third kappa shape index (κ3) is 5.83. The third-order valence-electron chi connectivity index (χ3n) is 4.05. The highest BCUT2D eigenvalue weighted by molar-refractivity contribution is 7.12. The minimum absolute atomic E-state index is 0.0809. The zero-order chi connectivity index (χ0) is 20.6. The summed E-state index contributed by atoms with van der Waals surface area (Å²) < 4.78 is 18.1. The van der Waals surface area contributed by atoms with Gasteiger partial charge in [-0.1, -0.05) is 12.1 Å². The largest absolute Gasteiger partial charge is 0.462 e. The molecule has 0 aliphatic carbocycles. The van der Waals surface area contributed by atoms with Crippen molar-refractivity contribution in [3.8, 4) is 0 Å². The van der Waals surface area contributed by atoms with Crippen molar-refractivity contribution in [3.63, 3.8) is 0 Å². The van der Waals surface area contributed by atoms with Crippen LogP contribution in [0.25, 0.3) is 0 Å². The van der Waals surface area contributed by atoms with E-state index in [-0.39, 0.29) is 24.7 Å². The fourth-order valence-corrected chi connectivity index (χ4v) is 3.20. The van der Waals surface area contributed by atoms with Crippen molar-refractivity contribution >= 4 is 34.7 Å². The number of carbonyl (C=O) groups is 3. The first-order chi connectivity index (χ1) is 14.0. The van der Waals surface area contributed by atoms with Crippen molar-refractivity contribution < 1.29 is 23.5 Å². The SMILES string of the molecule is O=C(CCCOC(=O)c1cccc(NC(=O)c2cccs2)c1)c1ccc(F)cc1. The zero-order valence-electron chi connectivity index (χ0n) is 15.4. The fourth-order valence-electron chi connectivity index (χ4n) is 2.59. The topological polar surface area (TPSA) is 72.5 Å². The summed E-state index contributed by atoms with van der Waals surface area (Å²) in [6, 6.07) is 15.3. The van der Waals surface area contributed by atoms with Gasteiger partial charge in [-0.15, -0.1) is 11.3 Å². The molecule has 1 heterocycles. The van der Waals surface area contributed by atoms with Gasteiger partial charge in [-0.25, -0.2) is 9.18 Å². The number of benzene rings is 2. The van der Waals surface area contributed by atoms with Gasteiger partial charge >= 0.3 is 5.97 Å². The molecule has 0 spiro atoms. The Bertz CT molecular complexity index is 1000. The zero-order valence-corrected chi connectivity index (χ0v) is 16.2. The molecule has 0 saturated carbocycles. The summed E-state index contributed by atoms with van der Waals surface area (Å²) >= 11 is 1.33. The second-order valence-corrected chi connectivity index (χ2v) is 7.13. The van der Waals surface area contributed by atoms with Gasteiger partial charge in [0.05, 0.1) is 17.0 Å². The number of Topliss-reactive ketones (excluding diaryl/α,β-unsaturated/α-hetero) is 1. The Morgan fingerprint density at radius 2 is 1.76 bits per heavy atom. The third-order valence-corrected chi connectivity index (χ3v) is 4.92. The van der Waals surface area contributed by atoms with Gasteiger partial charge in [-0.05, 0) is 60.3 Å². The van der Waals surface area contributed by atoms with E-state index < -0.39 is 11.8 Å². The lowest BCUT2D eigenvalue weighted by Crippen LogP contribution is -2.12. The quantitative estimate of drug-likeness (QED) is 0.323. The molecule has 0 atom stereocenters. The molecule has 3 aromatic rings. The standard InChI is InChI=1S/C22H18FNO4S/c23-17-10-8-15(9-11-17)19(25)6-2-12-28-22(27)16-4-1-5-18(14-16)24-21(26)20-7-3-13-29-20/h1,3-5,7-11,13-14H,2,6,12H2,(H,24,26). The molecule has 5 nitrogen and oxygen atoms in total. The van der Waals surface area contributed by atoms with E-state index >= 15 is 0 Å². The first kappa shape index (κ1) is 20.4. The molecule has 0 saturated heterocycles. The normalized spacial score (nSPS) is 10.4. The van der Waals surface area contributed by atoms with E-state index in [1.807, 2.05) is 5.38 Å². The Morgan fingerprint density at radius 1 is 0.966 bits per heavy atom. The van der Waals surface area contributed by atoms with Gasteiger partial charge in [0.2, 0.25) is 0 Å². The molecule has 1 amide bonds. The highest BCUT2D eigenvalue weighted by atomic mass is 32.1. The summed E-state index contributed by atoms with van der Waals surface area (Å²) in [5.41, 5.74) is 1.22. The van der Waals surface area contributed by atoms with Crippen molar-refractivity contribution in [2.75, 3.05) is 11.9 Å². The van der Waals surface area contributed by atoms with Crippen LogP contribution in [-0.2, 0) is 4.74 Å². The molecular weight excluding hydrogens is 393 g/mol. The Hall–Kier alpha value is -3.32. The maximum atomic E-state index is 12.9. The van der Waals surface area contributed by atoms with Crippen molar-refractivity contribution in [2.24, 2.45) is 0 Å². The first-order valence-corrected chi connectivity index (χ1v) is 9.82.